The molecule has 0 heterocycles. The zero-order chi connectivity index (χ0) is 22.2. The van der Waals surface area contributed by atoms with Gasteiger partial charge in [-0.2, -0.15) is 5.26 Å². The largest absolute Gasteiger partial charge is 0.493 e. The van der Waals surface area contributed by atoms with Crippen LogP contribution >= 0.6 is 11.6 Å². The van der Waals surface area contributed by atoms with E-state index in [0.29, 0.717) is 35.1 Å². The van der Waals surface area contributed by atoms with Crippen molar-refractivity contribution >= 4 is 23.3 Å². The fraction of sp³-hybridized carbons (Fsp3) is 0.115. The van der Waals surface area contributed by atoms with E-state index in [1.165, 1.54) is 6.07 Å². The van der Waals surface area contributed by atoms with Crippen LogP contribution in [-0.4, -0.2) is 7.11 Å². The van der Waals surface area contributed by atoms with E-state index < -0.39 is 5.82 Å². The van der Waals surface area contributed by atoms with Gasteiger partial charge in [0.1, 0.15) is 12.4 Å². The van der Waals surface area contributed by atoms with Crippen molar-refractivity contribution in [2.24, 2.45) is 0 Å². The molecule has 0 N–H and O–H groups in total. The van der Waals surface area contributed by atoms with Crippen LogP contribution in [0.1, 0.15) is 22.3 Å². The molecule has 3 nitrogen and oxygen atoms in total. The maximum Gasteiger partial charge on any atom is 0.165 e. The SMILES string of the molecule is C=CCc1cc(C=C(C#N)c2ccccc2F)cc(OC)c1OCc1ccc(Cl)cc1. The Morgan fingerprint density at radius 1 is 1.16 bits per heavy atom. The Morgan fingerprint density at radius 2 is 1.90 bits per heavy atom. The first-order valence-corrected chi connectivity index (χ1v) is 9.99. The molecule has 3 aromatic carbocycles. The van der Waals surface area contributed by atoms with Gasteiger partial charge in [0.15, 0.2) is 11.5 Å². The third-order valence-corrected chi connectivity index (χ3v) is 4.88. The zero-order valence-corrected chi connectivity index (χ0v) is 17.8. The molecule has 0 saturated heterocycles. The molecule has 3 aromatic rings. The van der Waals surface area contributed by atoms with Gasteiger partial charge >= 0.3 is 0 Å². The van der Waals surface area contributed by atoms with Crippen molar-refractivity contribution < 1.29 is 13.9 Å². The second kappa shape index (κ2) is 10.5. The minimum Gasteiger partial charge on any atom is -0.493 e. The maximum absolute atomic E-state index is 14.2. The smallest absolute Gasteiger partial charge is 0.165 e. The molecular weight excluding hydrogens is 413 g/mol. The minimum absolute atomic E-state index is 0.222. The van der Waals surface area contributed by atoms with E-state index in [-0.39, 0.29) is 11.1 Å². The highest BCUT2D eigenvalue weighted by Gasteiger charge is 2.14. The maximum atomic E-state index is 14.2. The average Bonchev–Trinajstić information content (AvgIpc) is 2.78. The molecule has 0 fully saturated rings. The van der Waals surface area contributed by atoms with Crippen LogP contribution in [0.3, 0.4) is 0 Å². The fourth-order valence-electron chi connectivity index (χ4n) is 3.14. The molecule has 0 spiro atoms. The number of rotatable bonds is 8. The summed E-state index contributed by atoms with van der Waals surface area (Å²) in [7, 11) is 1.55. The number of benzene rings is 3. The number of nitrogens with zero attached hydrogens (tertiary/aromatic N) is 1. The van der Waals surface area contributed by atoms with E-state index in [1.54, 1.807) is 43.5 Å². The van der Waals surface area contributed by atoms with E-state index in [9.17, 15) is 9.65 Å². The average molecular weight is 434 g/mol. The number of methoxy groups -OCH3 is 1. The summed E-state index contributed by atoms with van der Waals surface area (Å²) in [6.07, 6.45) is 3.94. The molecule has 0 aromatic heterocycles. The van der Waals surface area contributed by atoms with Gasteiger partial charge in [0.25, 0.3) is 0 Å². The van der Waals surface area contributed by atoms with Gasteiger partial charge < -0.3 is 9.47 Å². The Balaban J connectivity index is 1.99. The lowest BCUT2D eigenvalue weighted by molar-refractivity contribution is 0.282. The normalized spacial score (nSPS) is 11.0. The van der Waals surface area contributed by atoms with Gasteiger partial charge in [-0.15, -0.1) is 6.58 Å². The minimum atomic E-state index is -0.448. The van der Waals surface area contributed by atoms with Gasteiger partial charge in [-0.25, -0.2) is 4.39 Å². The van der Waals surface area contributed by atoms with Crippen LogP contribution in [0.15, 0.2) is 73.3 Å². The fourth-order valence-corrected chi connectivity index (χ4v) is 3.27. The van der Waals surface area contributed by atoms with E-state index in [2.05, 4.69) is 12.6 Å². The summed E-state index contributed by atoms with van der Waals surface area (Å²) in [6, 6.07) is 19.3. The summed E-state index contributed by atoms with van der Waals surface area (Å²) in [5, 5.41) is 10.2. The molecule has 0 aliphatic heterocycles. The van der Waals surface area contributed by atoms with E-state index in [0.717, 1.165) is 11.1 Å². The third kappa shape index (κ3) is 5.53. The lowest BCUT2D eigenvalue weighted by Crippen LogP contribution is -2.02. The molecule has 0 aliphatic carbocycles. The Morgan fingerprint density at radius 3 is 2.55 bits per heavy atom. The standard InChI is InChI=1S/C26H21ClFNO2/c1-3-6-20-13-19(14-21(16-29)23-7-4-5-8-24(23)28)15-25(30-2)26(20)31-17-18-9-11-22(27)12-10-18/h3-5,7-15H,1,6,17H2,2H3. The van der Waals surface area contributed by atoms with Crippen LogP contribution in [-0.2, 0) is 13.0 Å². The van der Waals surface area contributed by atoms with Crippen LogP contribution in [0.2, 0.25) is 5.02 Å². The van der Waals surface area contributed by atoms with Crippen molar-refractivity contribution in [1.29, 1.82) is 5.26 Å². The molecule has 0 unspecified atom stereocenters. The highest BCUT2D eigenvalue weighted by atomic mass is 35.5. The van der Waals surface area contributed by atoms with Gasteiger partial charge in [-0.3, -0.25) is 0 Å². The highest BCUT2D eigenvalue weighted by molar-refractivity contribution is 6.30. The van der Waals surface area contributed by atoms with Crippen molar-refractivity contribution in [3.05, 3.63) is 106 Å². The first-order chi connectivity index (χ1) is 15.0. The van der Waals surface area contributed by atoms with E-state index >= 15 is 0 Å². The summed E-state index contributed by atoms with van der Waals surface area (Å²) in [6.45, 7) is 4.16. The number of hydrogen-bond donors (Lipinski definition) is 0. The van der Waals surface area contributed by atoms with Gasteiger partial charge in [0.05, 0.1) is 18.8 Å². The molecule has 3 rings (SSSR count). The third-order valence-electron chi connectivity index (χ3n) is 4.63. The summed E-state index contributed by atoms with van der Waals surface area (Å²) < 4.78 is 25.8. The molecule has 0 radical (unpaired) electrons. The molecule has 0 bridgehead atoms. The zero-order valence-electron chi connectivity index (χ0n) is 17.1. The molecule has 0 amide bonds. The first-order valence-electron chi connectivity index (χ1n) is 9.61. The summed E-state index contributed by atoms with van der Waals surface area (Å²) in [5.41, 5.74) is 2.98. The Bertz CT molecular complexity index is 1150. The topological polar surface area (TPSA) is 42.2 Å². The van der Waals surface area contributed by atoms with Gasteiger partial charge in [-0.1, -0.05) is 48.0 Å². The number of halogens is 2. The Kier molecular flexibility index (Phi) is 7.48. The van der Waals surface area contributed by atoms with Crippen molar-refractivity contribution in [2.45, 2.75) is 13.0 Å². The first kappa shape index (κ1) is 22.1. The molecule has 0 saturated carbocycles. The Labute approximate surface area is 186 Å². The summed E-state index contributed by atoms with van der Waals surface area (Å²) in [4.78, 5) is 0. The monoisotopic (exact) mass is 433 g/mol. The lowest BCUT2D eigenvalue weighted by Gasteiger charge is -2.16. The Hall–Kier alpha value is -3.55. The quantitative estimate of drug-likeness (QED) is 0.221. The second-order valence-corrected chi connectivity index (χ2v) is 7.21. The second-order valence-electron chi connectivity index (χ2n) is 6.77. The number of nitriles is 1. The van der Waals surface area contributed by atoms with Crippen LogP contribution < -0.4 is 9.47 Å². The van der Waals surface area contributed by atoms with Crippen LogP contribution in [0.4, 0.5) is 4.39 Å². The molecule has 0 atom stereocenters. The summed E-state index contributed by atoms with van der Waals surface area (Å²) in [5.74, 6) is 0.667. The van der Waals surface area contributed by atoms with Crippen LogP contribution in [0.5, 0.6) is 11.5 Å². The van der Waals surface area contributed by atoms with E-state index in [4.69, 9.17) is 21.1 Å². The molecule has 156 valence electrons. The van der Waals surface area contributed by atoms with Crippen molar-refractivity contribution in [3.8, 4) is 17.6 Å². The molecular formula is C26H21ClFNO2. The predicted molar refractivity (Wildman–Crippen MR) is 123 cm³/mol. The molecule has 31 heavy (non-hydrogen) atoms. The lowest BCUT2D eigenvalue weighted by atomic mass is 10.0. The van der Waals surface area contributed by atoms with E-state index in [1.807, 2.05) is 30.3 Å². The number of ether oxygens (including phenoxy) is 2. The van der Waals surface area contributed by atoms with Crippen molar-refractivity contribution in [1.82, 2.24) is 0 Å². The van der Waals surface area contributed by atoms with Gasteiger partial charge in [0, 0.05) is 16.1 Å². The van der Waals surface area contributed by atoms with Gasteiger partial charge in [-0.05, 0) is 54.0 Å². The van der Waals surface area contributed by atoms with Gasteiger partial charge in [0.2, 0.25) is 0 Å². The molecule has 0 aliphatic rings. The highest BCUT2D eigenvalue weighted by Crippen LogP contribution is 2.35. The van der Waals surface area contributed by atoms with Crippen molar-refractivity contribution in [3.63, 3.8) is 0 Å². The summed E-state index contributed by atoms with van der Waals surface area (Å²) >= 11 is 5.94. The number of allylic oxidation sites excluding steroid dienone is 2. The number of hydrogen-bond acceptors (Lipinski definition) is 3. The molecule has 5 heteroatoms. The van der Waals surface area contributed by atoms with Crippen LogP contribution in [0.25, 0.3) is 11.6 Å². The predicted octanol–water partition coefficient (Wildman–Crippen LogP) is 6.86. The van der Waals surface area contributed by atoms with Crippen LogP contribution in [0, 0.1) is 17.1 Å². The van der Waals surface area contributed by atoms with Crippen molar-refractivity contribution in [2.75, 3.05) is 7.11 Å².